The SMILES string of the molecule is CCCCCC[C@@H](O)CC=CCCCCCCCCOC(=O)C=CC(=O)O. The van der Waals surface area contributed by atoms with E-state index in [1.54, 1.807) is 0 Å². The third-order valence-electron chi connectivity index (χ3n) is 4.34. The Labute approximate surface area is 164 Å². The summed E-state index contributed by atoms with van der Waals surface area (Å²) in [6.07, 6.45) is 19.9. The molecule has 0 aromatic carbocycles. The number of unbranched alkanes of at least 4 members (excludes halogenated alkanes) is 9. The summed E-state index contributed by atoms with van der Waals surface area (Å²) in [6, 6.07) is 0. The molecule has 0 radical (unpaired) electrons. The number of rotatable bonds is 18. The maximum atomic E-state index is 11.1. The highest BCUT2D eigenvalue weighted by atomic mass is 16.5. The first kappa shape index (κ1) is 25.4. The van der Waals surface area contributed by atoms with Crippen molar-refractivity contribution in [3.05, 3.63) is 24.3 Å². The first-order chi connectivity index (χ1) is 13.1. The Hall–Kier alpha value is -1.62. The van der Waals surface area contributed by atoms with Crippen molar-refractivity contribution in [1.29, 1.82) is 0 Å². The number of hydrogen-bond acceptors (Lipinski definition) is 4. The van der Waals surface area contributed by atoms with Crippen LogP contribution in [0.2, 0.25) is 0 Å². The van der Waals surface area contributed by atoms with Crippen LogP contribution in [-0.4, -0.2) is 34.9 Å². The van der Waals surface area contributed by atoms with Crippen molar-refractivity contribution in [3.63, 3.8) is 0 Å². The minimum atomic E-state index is -1.15. The fraction of sp³-hybridized carbons (Fsp3) is 0.727. The molecule has 2 N–H and O–H groups in total. The zero-order valence-corrected chi connectivity index (χ0v) is 16.9. The molecule has 5 heteroatoms. The second-order valence-corrected chi connectivity index (χ2v) is 6.96. The van der Waals surface area contributed by atoms with Gasteiger partial charge in [-0.05, 0) is 32.1 Å². The lowest BCUT2D eigenvalue weighted by Crippen LogP contribution is -2.04. The van der Waals surface area contributed by atoms with Crippen LogP contribution in [0.5, 0.6) is 0 Å². The molecule has 0 aliphatic rings. The van der Waals surface area contributed by atoms with Gasteiger partial charge in [0.15, 0.2) is 0 Å². The molecule has 0 aliphatic carbocycles. The normalized spacial score (nSPS) is 12.7. The molecule has 0 aromatic heterocycles. The van der Waals surface area contributed by atoms with Crippen molar-refractivity contribution in [2.75, 3.05) is 6.61 Å². The zero-order valence-electron chi connectivity index (χ0n) is 16.9. The Morgan fingerprint density at radius 2 is 1.56 bits per heavy atom. The van der Waals surface area contributed by atoms with Gasteiger partial charge in [-0.3, -0.25) is 0 Å². The van der Waals surface area contributed by atoms with Gasteiger partial charge in [0.25, 0.3) is 0 Å². The summed E-state index contributed by atoms with van der Waals surface area (Å²) in [4.78, 5) is 21.4. The molecule has 1 atom stereocenters. The van der Waals surface area contributed by atoms with Crippen LogP contribution in [0.15, 0.2) is 24.3 Å². The number of aliphatic hydroxyl groups excluding tert-OH is 1. The molecule has 0 saturated carbocycles. The van der Waals surface area contributed by atoms with Crippen LogP contribution in [0.4, 0.5) is 0 Å². The van der Waals surface area contributed by atoms with E-state index in [2.05, 4.69) is 19.1 Å². The molecule has 0 aliphatic heterocycles. The van der Waals surface area contributed by atoms with Gasteiger partial charge in [-0.1, -0.05) is 70.4 Å². The van der Waals surface area contributed by atoms with Crippen LogP contribution in [0.1, 0.15) is 90.4 Å². The number of hydrogen-bond donors (Lipinski definition) is 2. The molecule has 0 heterocycles. The van der Waals surface area contributed by atoms with Gasteiger partial charge in [-0.25, -0.2) is 9.59 Å². The maximum absolute atomic E-state index is 11.1. The average Bonchev–Trinajstić information content (AvgIpc) is 2.64. The Balaban J connectivity index is 3.35. The Morgan fingerprint density at radius 3 is 2.26 bits per heavy atom. The summed E-state index contributed by atoms with van der Waals surface area (Å²) in [5, 5.41) is 18.3. The van der Waals surface area contributed by atoms with E-state index in [4.69, 9.17) is 9.84 Å². The van der Waals surface area contributed by atoms with Gasteiger partial charge in [0, 0.05) is 12.2 Å². The fourth-order valence-corrected chi connectivity index (χ4v) is 2.73. The maximum Gasteiger partial charge on any atom is 0.331 e. The Bertz CT molecular complexity index is 428. The highest BCUT2D eigenvalue weighted by Crippen LogP contribution is 2.10. The van der Waals surface area contributed by atoms with E-state index < -0.39 is 11.9 Å². The molecule has 0 bridgehead atoms. The van der Waals surface area contributed by atoms with Gasteiger partial charge in [-0.2, -0.15) is 0 Å². The van der Waals surface area contributed by atoms with E-state index in [0.717, 1.165) is 63.5 Å². The topological polar surface area (TPSA) is 83.8 Å². The first-order valence-corrected chi connectivity index (χ1v) is 10.5. The van der Waals surface area contributed by atoms with Crippen molar-refractivity contribution in [3.8, 4) is 0 Å². The molecule has 0 unspecified atom stereocenters. The number of carbonyl (C=O) groups excluding carboxylic acids is 1. The molecular weight excluding hydrogens is 344 g/mol. The second kappa shape index (κ2) is 19.2. The van der Waals surface area contributed by atoms with Crippen LogP contribution < -0.4 is 0 Å². The molecule has 0 spiro atoms. The molecule has 0 saturated heterocycles. The molecule has 0 amide bonds. The van der Waals surface area contributed by atoms with E-state index in [0.29, 0.717) is 6.61 Å². The Morgan fingerprint density at radius 1 is 0.889 bits per heavy atom. The molecule has 0 rings (SSSR count). The van der Waals surface area contributed by atoms with E-state index in [9.17, 15) is 14.7 Å². The number of aliphatic carboxylic acids is 1. The third-order valence-corrected chi connectivity index (χ3v) is 4.34. The highest BCUT2D eigenvalue weighted by molar-refractivity contribution is 5.90. The lowest BCUT2D eigenvalue weighted by Gasteiger charge is -2.07. The van der Waals surface area contributed by atoms with Crippen LogP contribution in [0, 0.1) is 0 Å². The summed E-state index contributed by atoms with van der Waals surface area (Å²) in [5.41, 5.74) is 0. The van der Waals surface area contributed by atoms with Gasteiger partial charge in [0.05, 0.1) is 12.7 Å². The second-order valence-electron chi connectivity index (χ2n) is 6.96. The van der Waals surface area contributed by atoms with E-state index >= 15 is 0 Å². The van der Waals surface area contributed by atoms with Crippen LogP contribution in [0.3, 0.4) is 0 Å². The molecule has 0 fully saturated rings. The number of carboxylic acid groups (broad SMARTS) is 1. The number of ether oxygens (including phenoxy) is 1. The third kappa shape index (κ3) is 20.5. The van der Waals surface area contributed by atoms with Crippen LogP contribution in [-0.2, 0) is 14.3 Å². The van der Waals surface area contributed by atoms with Gasteiger partial charge in [0.1, 0.15) is 0 Å². The number of aliphatic hydroxyl groups is 1. The molecular formula is C22H38O5. The summed E-state index contributed by atoms with van der Waals surface area (Å²) >= 11 is 0. The minimum Gasteiger partial charge on any atom is -0.478 e. The lowest BCUT2D eigenvalue weighted by atomic mass is 10.1. The van der Waals surface area contributed by atoms with Crippen molar-refractivity contribution in [2.24, 2.45) is 0 Å². The van der Waals surface area contributed by atoms with Crippen molar-refractivity contribution in [1.82, 2.24) is 0 Å². The predicted octanol–water partition coefficient (Wildman–Crippen LogP) is 5.18. The van der Waals surface area contributed by atoms with E-state index in [1.807, 2.05) is 0 Å². The number of carboxylic acids is 1. The summed E-state index contributed by atoms with van der Waals surface area (Å²) in [7, 11) is 0. The monoisotopic (exact) mass is 382 g/mol. The number of carbonyl (C=O) groups is 2. The number of allylic oxidation sites excluding steroid dienone is 1. The zero-order chi connectivity index (χ0) is 20.2. The number of esters is 1. The smallest absolute Gasteiger partial charge is 0.331 e. The first-order valence-electron chi connectivity index (χ1n) is 10.5. The van der Waals surface area contributed by atoms with E-state index in [1.165, 1.54) is 32.1 Å². The standard InChI is InChI=1S/C22H38O5/c1-2-3-4-12-15-20(23)16-13-10-8-6-5-7-9-11-14-19-27-22(26)18-17-21(24)25/h10,13,17-18,20,23H,2-9,11-12,14-16,19H2,1H3,(H,24,25)/t20-/m1/s1. The molecule has 0 aromatic rings. The summed E-state index contributed by atoms with van der Waals surface area (Å²) < 4.78 is 4.90. The van der Waals surface area contributed by atoms with Crippen molar-refractivity contribution >= 4 is 11.9 Å². The van der Waals surface area contributed by atoms with Gasteiger partial charge in [-0.15, -0.1) is 0 Å². The van der Waals surface area contributed by atoms with Crippen molar-refractivity contribution < 1.29 is 24.5 Å². The largest absolute Gasteiger partial charge is 0.478 e. The fourth-order valence-electron chi connectivity index (χ4n) is 2.73. The average molecular weight is 383 g/mol. The van der Waals surface area contributed by atoms with Crippen LogP contribution >= 0.6 is 0 Å². The predicted molar refractivity (Wildman–Crippen MR) is 109 cm³/mol. The Kier molecular flexibility index (Phi) is 18.0. The van der Waals surface area contributed by atoms with Crippen molar-refractivity contribution in [2.45, 2.75) is 96.5 Å². The van der Waals surface area contributed by atoms with Crippen LogP contribution in [0.25, 0.3) is 0 Å². The quantitative estimate of drug-likeness (QED) is 0.148. The molecule has 27 heavy (non-hydrogen) atoms. The molecule has 156 valence electrons. The highest BCUT2D eigenvalue weighted by Gasteiger charge is 2.01. The minimum absolute atomic E-state index is 0.188. The van der Waals surface area contributed by atoms with Gasteiger partial charge in [0.2, 0.25) is 0 Å². The molecule has 5 nitrogen and oxygen atoms in total. The summed E-state index contributed by atoms with van der Waals surface area (Å²) in [5.74, 6) is -1.75. The van der Waals surface area contributed by atoms with E-state index in [-0.39, 0.29) is 6.10 Å². The lowest BCUT2D eigenvalue weighted by molar-refractivity contribution is -0.138. The van der Waals surface area contributed by atoms with Gasteiger partial charge >= 0.3 is 11.9 Å². The van der Waals surface area contributed by atoms with Gasteiger partial charge < -0.3 is 14.9 Å². The summed E-state index contributed by atoms with van der Waals surface area (Å²) in [6.45, 7) is 2.54.